The largest absolute Gasteiger partial charge is 0.314 e. The van der Waals surface area contributed by atoms with Gasteiger partial charge in [0.05, 0.1) is 5.69 Å². The number of rotatable bonds is 4. The zero-order valence-corrected chi connectivity index (χ0v) is 20.3. The zero-order chi connectivity index (χ0) is 25.3. The average Bonchev–Trinajstić information content (AvgIpc) is 3.00. The van der Waals surface area contributed by atoms with Crippen LogP contribution < -0.4 is 25.9 Å². The molecule has 1 aromatic heterocycles. The molecule has 3 heterocycles. The molecule has 0 aliphatic carbocycles. The lowest BCUT2D eigenvalue weighted by Crippen LogP contribution is -2.39. The van der Waals surface area contributed by atoms with Crippen molar-refractivity contribution in [3.05, 3.63) is 149 Å². The number of para-hydroxylation sites is 2. The average molecular weight is 493 g/mol. The van der Waals surface area contributed by atoms with E-state index >= 15 is 0 Å². The van der Waals surface area contributed by atoms with Crippen LogP contribution in [0.3, 0.4) is 0 Å². The van der Waals surface area contributed by atoms with E-state index in [0.29, 0.717) is 23.0 Å². The van der Waals surface area contributed by atoms with Crippen LogP contribution >= 0.6 is 0 Å². The lowest BCUT2D eigenvalue weighted by molar-refractivity contribution is 0.779. The number of pyridine rings is 1. The Morgan fingerprint density at radius 2 is 1.26 bits per heavy atom. The third-order valence-corrected chi connectivity index (χ3v) is 6.34. The summed E-state index contributed by atoms with van der Waals surface area (Å²) in [7, 11) is 0. The minimum absolute atomic E-state index is 0.580. The molecule has 0 atom stereocenters. The summed E-state index contributed by atoms with van der Waals surface area (Å²) >= 11 is 0. The highest BCUT2D eigenvalue weighted by Gasteiger charge is 2.28. The Morgan fingerprint density at radius 1 is 0.658 bits per heavy atom. The summed E-state index contributed by atoms with van der Waals surface area (Å²) in [6.07, 6.45) is 0. The zero-order valence-electron chi connectivity index (χ0n) is 20.3. The summed E-state index contributed by atoms with van der Waals surface area (Å²) < 4.78 is 1.92. The molecule has 0 radical (unpaired) electrons. The molecule has 0 saturated carbocycles. The first-order valence-corrected chi connectivity index (χ1v) is 12.4. The van der Waals surface area contributed by atoms with Crippen LogP contribution in [0.1, 0.15) is 11.1 Å². The molecular weight excluding hydrogens is 470 g/mol. The number of aromatic nitrogens is 1. The lowest BCUT2D eigenvalue weighted by Gasteiger charge is -2.23. The molecule has 180 valence electrons. The first-order valence-electron chi connectivity index (χ1n) is 12.4. The fourth-order valence-corrected chi connectivity index (χ4v) is 4.50. The Balaban J connectivity index is 1.50. The second kappa shape index (κ2) is 9.22. The molecule has 1 N–H and O–H groups in total. The smallest absolute Gasteiger partial charge is 0.283 e. The van der Waals surface area contributed by atoms with Crippen molar-refractivity contribution in [3.8, 4) is 0 Å². The number of hydrazone groups is 2. The minimum Gasteiger partial charge on any atom is -0.314 e. The lowest BCUT2D eigenvalue weighted by atomic mass is 10.2. The number of amidine groups is 2. The highest BCUT2D eigenvalue weighted by molar-refractivity contribution is 6.08. The number of anilines is 3. The van der Waals surface area contributed by atoms with Crippen LogP contribution in [-0.4, -0.2) is 16.7 Å². The number of benzene rings is 4. The summed E-state index contributed by atoms with van der Waals surface area (Å²) in [5.41, 5.74) is 5.09. The third kappa shape index (κ3) is 3.92. The van der Waals surface area contributed by atoms with Gasteiger partial charge in [-0.2, -0.15) is 0 Å². The maximum Gasteiger partial charge on any atom is 0.283 e. The number of fused-ring (bicyclic) bond motifs is 2. The molecule has 0 unspecified atom stereocenters. The predicted octanol–water partition coefficient (Wildman–Crippen LogP) is 4.82. The molecule has 7 nitrogen and oxygen atoms in total. The van der Waals surface area contributed by atoms with Crippen LogP contribution in [0.5, 0.6) is 0 Å². The van der Waals surface area contributed by atoms with E-state index in [1.165, 1.54) is 0 Å². The third-order valence-electron chi connectivity index (χ3n) is 6.34. The monoisotopic (exact) mass is 492 g/mol. The molecule has 2 aliphatic heterocycles. The van der Waals surface area contributed by atoms with Crippen LogP contribution in [0.2, 0.25) is 0 Å². The van der Waals surface area contributed by atoms with Crippen molar-refractivity contribution >= 4 is 34.6 Å². The van der Waals surface area contributed by atoms with Gasteiger partial charge in [-0.1, -0.05) is 97.1 Å². The van der Waals surface area contributed by atoms with Crippen molar-refractivity contribution in [3.63, 3.8) is 0 Å². The Kier molecular flexibility index (Phi) is 5.29. The van der Waals surface area contributed by atoms with Gasteiger partial charge in [0.25, 0.3) is 5.36 Å². The number of hydrogen-bond acceptors (Lipinski definition) is 6. The molecule has 0 fully saturated rings. The summed E-state index contributed by atoms with van der Waals surface area (Å²) in [6, 6.07) is 42.2. The van der Waals surface area contributed by atoms with Gasteiger partial charge >= 0.3 is 0 Å². The second-order valence-electron chi connectivity index (χ2n) is 8.83. The van der Waals surface area contributed by atoms with Gasteiger partial charge < -0.3 is 5.32 Å². The fraction of sp³-hybridized carbons (Fsp3) is 0. The number of nitrogens with one attached hydrogen (secondary N) is 1. The fourth-order valence-electron chi connectivity index (χ4n) is 4.50. The molecule has 0 saturated heterocycles. The van der Waals surface area contributed by atoms with E-state index in [-0.39, 0.29) is 0 Å². The van der Waals surface area contributed by atoms with Gasteiger partial charge in [0.1, 0.15) is 5.69 Å². The van der Waals surface area contributed by atoms with Crippen molar-refractivity contribution in [1.82, 2.24) is 9.67 Å². The molecule has 38 heavy (non-hydrogen) atoms. The number of nitrogens with zero attached hydrogens (tertiary/aromatic N) is 6. The van der Waals surface area contributed by atoms with E-state index in [4.69, 9.17) is 20.2 Å². The van der Waals surface area contributed by atoms with Crippen molar-refractivity contribution in [2.75, 3.05) is 10.3 Å². The van der Waals surface area contributed by atoms with E-state index in [2.05, 4.69) is 5.32 Å². The van der Waals surface area contributed by atoms with Gasteiger partial charge in [-0.25, -0.2) is 15.0 Å². The van der Waals surface area contributed by atoms with Gasteiger partial charge in [0.2, 0.25) is 17.3 Å². The van der Waals surface area contributed by atoms with E-state index in [9.17, 15) is 0 Å². The standard InChI is InChI=1S/C31H22N7/c1-5-13-22(14-6-1)28-32-30-26(37(35-28)24-17-9-3-10-18-24)21-27-31(34-30)33-29(23-15-7-2-8-16-23)36-38(27)25-19-11-4-12-20-25/h1-21H,(H,32,33,34,35,36)/q+1. The molecule has 0 amide bonds. The normalized spacial score (nSPS) is 13.9. The van der Waals surface area contributed by atoms with Crippen LogP contribution in [-0.2, 0) is 0 Å². The van der Waals surface area contributed by atoms with Gasteiger partial charge in [-0.3, -0.25) is 0 Å². The Hall–Kier alpha value is -5.43. The molecular formula is C31H22N7+. The molecule has 2 aliphatic rings. The molecule has 5 aromatic rings. The first-order chi connectivity index (χ1) is 18.8. The Labute approximate surface area is 219 Å². The predicted molar refractivity (Wildman–Crippen MR) is 151 cm³/mol. The van der Waals surface area contributed by atoms with Crippen LogP contribution in [0, 0.1) is 0 Å². The minimum atomic E-state index is 0.580. The van der Waals surface area contributed by atoms with E-state index in [1.54, 1.807) is 0 Å². The van der Waals surface area contributed by atoms with Crippen molar-refractivity contribution < 1.29 is 0 Å². The molecule has 4 aromatic carbocycles. The first kappa shape index (κ1) is 21.8. The summed E-state index contributed by atoms with van der Waals surface area (Å²) in [6.45, 7) is 0. The van der Waals surface area contributed by atoms with E-state index < -0.39 is 0 Å². The number of hydrogen-bond donors (Lipinski definition) is 1. The molecule has 7 rings (SSSR count). The second-order valence-corrected chi connectivity index (χ2v) is 8.83. The van der Waals surface area contributed by atoms with Crippen molar-refractivity contribution in [2.24, 2.45) is 15.2 Å². The Bertz CT molecular complexity index is 1820. The van der Waals surface area contributed by atoms with Crippen LogP contribution in [0.4, 0.5) is 22.9 Å². The maximum absolute atomic E-state index is 5.03. The highest BCUT2D eigenvalue weighted by atomic mass is 15.5. The molecule has 7 heteroatoms. The van der Waals surface area contributed by atoms with E-state index in [1.807, 2.05) is 137 Å². The van der Waals surface area contributed by atoms with Gasteiger partial charge in [0.15, 0.2) is 11.3 Å². The topological polar surface area (TPSA) is 68.3 Å². The van der Waals surface area contributed by atoms with E-state index in [0.717, 1.165) is 33.5 Å². The SMILES string of the molecule is c1ccc(C2=NN(c3ccccc3)c3cc4c(nc3=N2)NC(c2ccccc2)=N[N+]=4c2ccccc2)cc1. The summed E-state index contributed by atoms with van der Waals surface area (Å²) in [4.78, 5) is 9.93. The Morgan fingerprint density at radius 3 is 1.95 bits per heavy atom. The summed E-state index contributed by atoms with van der Waals surface area (Å²) in [5, 5.41) is 16.1. The van der Waals surface area contributed by atoms with Gasteiger partial charge in [0, 0.05) is 34.4 Å². The van der Waals surface area contributed by atoms with Crippen molar-refractivity contribution in [2.45, 2.75) is 0 Å². The van der Waals surface area contributed by atoms with Gasteiger partial charge in [-0.05, 0) is 16.8 Å². The van der Waals surface area contributed by atoms with Crippen LogP contribution in [0.25, 0.3) is 0 Å². The molecule has 0 spiro atoms. The van der Waals surface area contributed by atoms with Crippen molar-refractivity contribution in [1.29, 1.82) is 0 Å². The summed E-state index contributed by atoms with van der Waals surface area (Å²) in [5.74, 6) is 1.98. The van der Waals surface area contributed by atoms with Crippen LogP contribution in [0.15, 0.2) is 143 Å². The molecule has 0 bridgehead atoms. The quantitative estimate of drug-likeness (QED) is 0.366. The van der Waals surface area contributed by atoms with Gasteiger partial charge in [-0.15, -0.1) is 5.10 Å². The maximum atomic E-state index is 5.03. The highest BCUT2D eigenvalue weighted by Crippen LogP contribution is 2.26.